The number of piperidine rings is 1. The zero-order valence-electron chi connectivity index (χ0n) is 18.7. The molecule has 2 unspecified atom stereocenters. The summed E-state index contributed by atoms with van der Waals surface area (Å²) in [6.45, 7) is 4.89. The van der Waals surface area contributed by atoms with Crippen molar-refractivity contribution in [3.05, 3.63) is 52.6 Å². The summed E-state index contributed by atoms with van der Waals surface area (Å²) < 4.78 is 20.9. The van der Waals surface area contributed by atoms with Crippen LogP contribution in [0.15, 0.2) is 24.3 Å². The number of halogens is 1. The zero-order valence-corrected chi connectivity index (χ0v) is 18.7. The quantitative estimate of drug-likeness (QED) is 0.739. The summed E-state index contributed by atoms with van der Waals surface area (Å²) in [5.74, 6) is -1.34. The molecule has 2 fully saturated rings. The molecule has 2 bridgehead atoms. The van der Waals surface area contributed by atoms with Crippen molar-refractivity contribution in [1.29, 1.82) is 0 Å². The van der Waals surface area contributed by atoms with E-state index in [0.717, 1.165) is 23.4 Å². The number of fused-ring (bicyclic) bond motifs is 3. The van der Waals surface area contributed by atoms with Gasteiger partial charge in [0.15, 0.2) is 0 Å². The molecular formula is C24H29FN4O4. The molecule has 5 rings (SSSR count). The number of carboxylic acids is 1. The van der Waals surface area contributed by atoms with Crippen molar-refractivity contribution in [3.8, 4) is 0 Å². The lowest BCUT2D eigenvalue weighted by Gasteiger charge is -2.47. The summed E-state index contributed by atoms with van der Waals surface area (Å²) >= 11 is 0. The number of amides is 1. The molecule has 0 radical (unpaired) electrons. The van der Waals surface area contributed by atoms with Crippen LogP contribution in [0.1, 0.15) is 35.4 Å². The minimum atomic E-state index is -0.758. The van der Waals surface area contributed by atoms with E-state index >= 15 is 0 Å². The number of carboxylic acid groups (broad SMARTS) is 1. The second kappa shape index (κ2) is 8.87. The topological polar surface area (TPSA) is 87.9 Å². The van der Waals surface area contributed by atoms with E-state index in [1.165, 1.54) is 17.7 Å². The number of hydrogen-bond donors (Lipinski definition) is 1. The van der Waals surface area contributed by atoms with Crippen LogP contribution in [0.2, 0.25) is 0 Å². The summed E-state index contributed by atoms with van der Waals surface area (Å²) in [6.07, 6.45) is 1.80. The molecule has 0 aliphatic carbocycles. The number of carbonyl (C=O) groups excluding carboxylic acids is 1. The molecule has 33 heavy (non-hydrogen) atoms. The Hall–Kier alpha value is -2.78. The fourth-order valence-electron chi connectivity index (χ4n) is 5.49. The largest absolute Gasteiger partial charge is 0.481 e. The number of aliphatic carboxylic acids is 1. The van der Waals surface area contributed by atoms with Gasteiger partial charge in [0.1, 0.15) is 5.82 Å². The Kier molecular flexibility index (Phi) is 5.92. The van der Waals surface area contributed by atoms with Crippen LogP contribution in [0, 0.1) is 18.7 Å². The molecule has 8 nitrogen and oxygen atoms in total. The minimum absolute atomic E-state index is 0.0332. The Morgan fingerprint density at radius 1 is 1.18 bits per heavy atom. The van der Waals surface area contributed by atoms with Gasteiger partial charge in [-0.15, -0.1) is 0 Å². The van der Waals surface area contributed by atoms with Crippen LogP contribution in [0.5, 0.6) is 0 Å². The third kappa shape index (κ3) is 4.39. The summed E-state index contributed by atoms with van der Waals surface area (Å²) in [4.78, 5) is 28.8. The van der Waals surface area contributed by atoms with Gasteiger partial charge >= 0.3 is 5.97 Å². The Morgan fingerprint density at radius 2 is 1.88 bits per heavy atom. The molecule has 1 N–H and O–H groups in total. The number of aryl methyl sites for hydroxylation is 1. The molecule has 2 atom stereocenters. The van der Waals surface area contributed by atoms with Crippen molar-refractivity contribution in [2.45, 2.75) is 51.4 Å². The molecule has 2 saturated heterocycles. The number of nitrogens with zero attached hydrogens (tertiary/aromatic N) is 4. The molecule has 9 heteroatoms. The molecule has 2 aromatic rings. The van der Waals surface area contributed by atoms with Gasteiger partial charge in [0.2, 0.25) is 5.91 Å². The van der Waals surface area contributed by atoms with Gasteiger partial charge in [-0.05, 0) is 49.4 Å². The van der Waals surface area contributed by atoms with Crippen molar-refractivity contribution in [1.82, 2.24) is 19.6 Å². The summed E-state index contributed by atoms with van der Waals surface area (Å²) in [7, 11) is 0. The van der Waals surface area contributed by atoms with Crippen molar-refractivity contribution in [2.24, 2.45) is 5.92 Å². The smallest absolute Gasteiger partial charge is 0.306 e. The molecule has 0 spiro atoms. The Bertz CT molecular complexity index is 1040. The lowest BCUT2D eigenvalue weighted by molar-refractivity contribution is -0.153. The van der Waals surface area contributed by atoms with Gasteiger partial charge in [-0.25, -0.2) is 4.39 Å². The number of ether oxygens (including phenoxy) is 1. The second-order valence-corrected chi connectivity index (χ2v) is 9.38. The molecule has 176 valence electrons. The molecule has 3 aliphatic rings. The maximum atomic E-state index is 13.3. The molecule has 1 aromatic carbocycles. The fraction of sp³-hybridized carbons (Fsp3) is 0.542. The third-order valence-corrected chi connectivity index (χ3v) is 7.28. The van der Waals surface area contributed by atoms with Gasteiger partial charge in [0, 0.05) is 18.6 Å². The van der Waals surface area contributed by atoms with Crippen LogP contribution < -0.4 is 0 Å². The van der Waals surface area contributed by atoms with Crippen LogP contribution in [0.3, 0.4) is 0 Å². The maximum Gasteiger partial charge on any atom is 0.306 e. The Morgan fingerprint density at radius 3 is 2.55 bits per heavy atom. The summed E-state index contributed by atoms with van der Waals surface area (Å²) in [5, 5.41) is 14.1. The van der Waals surface area contributed by atoms with Gasteiger partial charge in [-0.3, -0.25) is 19.2 Å². The number of hydrogen-bond acceptors (Lipinski definition) is 5. The first-order valence-electron chi connectivity index (χ1n) is 11.5. The normalized spacial score (nSPS) is 25.0. The van der Waals surface area contributed by atoms with Crippen molar-refractivity contribution in [2.75, 3.05) is 26.3 Å². The molecule has 3 aliphatic heterocycles. The molecule has 4 heterocycles. The number of carbonyl (C=O) groups is 2. The second-order valence-electron chi connectivity index (χ2n) is 9.38. The molecule has 1 aromatic heterocycles. The monoisotopic (exact) mass is 456 g/mol. The van der Waals surface area contributed by atoms with E-state index in [1.54, 1.807) is 12.1 Å². The Labute approximate surface area is 191 Å². The number of rotatable bonds is 5. The highest BCUT2D eigenvalue weighted by Crippen LogP contribution is 2.32. The lowest BCUT2D eigenvalue weighted by Crippen LogP contribution is -2.60. The molecular weight excluding hydrogens is 427 g/mol. The van der Waals surface area contributed by atoms with Crippen LogP contribution in [0.25, 0.3) is 0 Å². The summed E-state index contributed by atoms with van der Waals surface area (Å²) in [5.41, 5.74) is 4.15. The lowest BCUT2D eigenvalue weighted by atomic mass is 9.85. The van der Waals surface area contributed by atoms with E-state index in [0.29, 0.717) is 45.7 Å². The number of benzene rings is 1. The van der Waals surface area contributed by atoms with Crippen LogP contribution in [-0.4, -0.2) is 75.0 Å². The van der Waals surface area contributed by atoms with E-state index in [2.05, 4.69) is 4.90 Å². The first-order valence-corrected chi connectivity index (χ1v) is 11.5. The average molecular weight is 457 g/mol. The third-order valence-electron chi connectivity index (χ3n) is 7.28. The molecule has 0 saturated carbocycles. The summed E-state index contributed by atoms with van der Waals surface area (Å²) in [6, 6.07) is 6.34. The van der Waals surface area contributed by atoms with Gasteiger partial charge < -0.3 is 14.7 Å². The number of morpholine rings is 1. The van der Waals surface area contributed by atoms with E-state index in [1.807, 2.05) is 16.5 Å². The van der Waals surface area contributed by atoms with Crippen molar-refractivity contribution >= 4 is 11.9 Å². The van der Waals surface area contributed by atoms with Gasteiger partial charge in [0.25, 0.3) is 0 Å². The predicted molar refractivity (Wildman–Crippen MR) is 117 cm³/mol. The van der Waals surface area contributed by atoms with Crippen molar-refractivity contribution < 1.29 is 23.8 Å². The Balaban J connectivity index is 1.28. The molecule has 1 amide bonds. The highest BCUT2D eigenvalue weighted by molar-refractivity contribution is 5.79. The minimum Gasteiger partial charge on any atom is -0.481 e. The van der Waals surface area contributed by atoms with Crippen molar-refractivity contribution in [3.63, 3.8) is 0 Å². The van der Waals surface area contributed by atoms with Crippen LogP contribution >= 0.6 is 0 Å². The van der Waals surface area contributed by atoms with Crippen LogP contribution in [0.4, 0.5) is 4.39 Å². The average Bonchev–Trinajstić information content (AvgIpc) is 3.09. The highest BCUT2D eigenvalue weighted by Gasteiger charge is 2.42. The highest BCUT2D eigenvalue weighted by atomic mass is 19.1. The maximum absolute atomic E-state index is 13.3. The van der Waals surface area contributed by atoms with Gasteiger partial charge in [-0.2, -0.15) is 5.10 Å². The first-order chi connectivity index (χ1) is 15.9. The first kappa shape index (κ1) is 22.0. The van der Waals surface area contributed by atoms with Crippen LogP contribution in [-0.2, 0) is 33.8 Å². The standard InChI is InChI=1S/C24H29FN4O4/c1-15-21-6-7-27(11-22(21)29(26-15)10-16-2-4-18(25)5-3-16)23(30)12-28-19-8-17(24(31)32)9-20(28)14-33-13-19/h2-5,17,19-20H,6-14H2,1H3,(H,31,32). The van der Waals surface area contributed by atoms with E-state index in [9.17, 15) is 19.1 Å². The van der Waals surface area contributed by atoms with E-state index in [4.69, 9.17) is 9.84 Å². The fourth-order valence-corrected chi connectivity index (χ4v) is 5.49. The zero-order chi connectivity index (χ0) is 23.1. The number of aromatic nitrogens is 2. The van der Waals surface area contributed by atoms with Gasteiger partial charge in [-0.1, -0.05) is 12.1 Å². The van der Waals surface area contributed by atoms with Gasteiger partial charge in [0.05, 0.1) is 50.2 Å². The van der Waals surface area contributed by atoms with E-state index < -0.39 is 5.97 Å². The SMILES string of the molecule is Cc1nn(Cc2ccc(F)cc2)c2c1CCN(C(=O)CN1C3COCC1CC(C(=O)O)C3)C2. The predicted octanol–water partition coefficient (Wildman–Crippen LogP) is 1.83. The van der Waals surface area contributed by atoms with E-state index in [-0.39, 0.29) is 36.3 Å².